The summed E-state index contributed by atoms with van der Waals surface area (Å²) in [5, 5.41) is 9.66. The molecule has 3 heteroatoms. The Morgan fingerprint density at radius 2 is 1.90 bits per heavy atom. The zero-order chi connectivity index (χ0) is 14.1. The van der Waals surface area contributed by atoms with E-state index < -0.39 is 0 Å². The molecule has 0 saturated carbocycles. The fourth-order valence-electron chi connectivity index (χ4n) is 3.87. The lowest BCUT2D eigenvalue weighted by atomic mass is 9.85. The molecule has 1 fully saturated rings. The van der Waals surface area contributed by atoms with Gasteiger partial charge in [-0.1, -0.05) is 6.07 Å². The van der Waals surface area contributed by atoms with Crippen LogP contribution in [0.2, 0.25) is 0 Å². The molecule has 0 aromatic heterocycles. The second kappa shape index (κ2) is 5.74. The van der Waals surface area contributed by atoms with Gasteiger partial charge in [0.25, 0.3) is 0 Å². The zero-order valence-corrected chi connectivity index (χ0v) is 12.7. The quantitative estimate of drug-likeness (QED) is 0.898. The fourth-order valence-corrected chi connectivity index (χ4v) is 3.87. The molecule has 20 heavy (non-hydrogen) atoms. The van der Waals surface area contributed by atoms with Crippen LogP contribution in [0.5, 0.6) is 5.75 Å². The van der Waals surface area contributed by atoms with Crippen molar-refractivity contribution in [2.75, 3.05) is 27.2 Å². The number of rotatable bonds is 2. The van der Waals surface area contributed by atoms with Crippen molar-refractivity contribution in [3.63, 3.8) is 0 Å². The lowest BCUT2D eigenvalue weighted by molar-refractivity contribution is 0.0996. The third-order valence-electron chi connectivity index (χ3n) is 5.08. The number of aryl methyl sites for hydroxylation is 1. The van der Waals surface area contributed by atoms with Crippen LogP contribution >= 0.6 is 0 Å². The topological polar surface area (TPSA) is 26.7 Å². The van der Waals surface area contributed by atoms with Crippen molar-refractivity contribution >= 4 is 0 Å². The van der Waals surface area contributed by atoms with Crippen LogP contribution in [0.4, 0.5) is 0 Å². The van der Waals surface area contributed by atoms with Gasteiger partial charge in [-0.3, -0.25) is 4.90 Å². The van der Waals surface area contributed by atoms with E-state index in [1.54, 1.807) is 0 Å². The lowest BCUT2D eigenvalue weighted by Crippen LogP contribution is -2.44. The summed E-state index contributed by atoms with van der Waals surface area (Å²) in [6.07, 6.45) is 6.18. The van der Waals surface area contributed by atoms with Gasteiger partial charge in [-0.15, -0.1) is 0 Å². The Morgan fingerprint density at radius 3 is 2.60 bits per heavy atom. The molecular formula is C17H26N2O. The Labute approximate surface area is 122 Å². The molecule has 110 valence electrons. The maximum absolute atomic E-state index is 9.66. The molecule has 0 bridgehead atoms. The smallest absolute Gasteiger partial charge is 0.115 e. The van der Waals surface area contributed by atoms with Crippen LogP contribution in [-0.4, -0.2) is 48.1 Å². The SMILES string of the molecule is CN(C)C1CCN(C2CCCc3cc(O)ccc32)CC1. The third kappa shape index (κ3) is 2.70. The molecule has 2 aliphatic rings. The van der Waals surface area contributed by atoms with E-state index >= 15 is 0 Å². The molecule has 1 aliphatic heterocycles. The van der Waals surface area contributed by atoms with Gasteiger partial charge in [0.15, 0.2) is 0 Å². The molecule has 3 nitrogen and oxygen atoms in total. The summed E-state index contributed by atoms with van der Waals surface area (Å²) in [7, 11) is 4.39. The molecule has 3 rings (SSSR count). The van der Waals surface area contributed by atoms with Crippen LogP contribution in [0.25, 0.3) is 0 Å². The molecule has 1 saturated heterocycles. The summed E-state index contributed by atoms with van der Waals surface area (Å²) < 4.78 is 0. The number of hydrogen-bond acceptors (Lipinski definition) is 3. The largest absolute Gasteiger partial charge is 0.508 e. The minimum atomic E-state index is 0.413. The number of piperidine rings is 1. The fraction of sp³-hybridized carbons (Fsp3) is 0.647. The van der Waals surface area contributed by atoms with Gasteiger partial charge in [-0.05, 0) is 69.5 Å². The van der Waals surface area contributed by atoms with E-state index in [-0.39, 0.29) is 0 Å². The van der Waals surface area contributed by atoms with Crippen molar-refractivity contribution < 1.29 is 5.11 Å². The number of hydrogen-bond donors (Lipinski definition) is 1. The minimum Gasteiger partial charge on any atom is -0.508 e. The molecule has 1 unspecified atom stereocenters. The van der Waals surface area contributed by atoms with E-state index in [0.717, 1.165) is 12.5 Å². The van der Waals surface area contributed by atoms with Crippen LogP contribution in [0.15, 0.2) is 18.2 Å². The number of nitrogens with zero attached hydrogens (tertiary/aromatic N) is 2. The minimum absolute atomic E-state index is 0.413. The molecule has 0 amide bonds. The molecule has 1 aliphatic carbocycles. The number of phenolic OH excluding ortho intramolecular Hbond substituents is 1. The van der Waals surface area contributed by atoms with Crippen LogP contribution < -0.4 is 0 Å². The van der Waals surface area contributed by atoms with Gasteiger partial charge < -0.3 is 10.0 Å². The molecular weight excluding hydrogens is 248 g/mol. The molecule has 1 aromatic rings. The summed E-state index contributed by atoms with van der Waals surface area (Å²) in [4.78, 5) is 5.03. The molecule has 1 heterocycles. The van der Waals surface area contributed by atoms with Crippen molar-refractivity contribution in [3.05, 3.63) is 29.3 Å². The molecule has 0 radical (unpaired) electrons. The van der Waals surface area contributed by atoms with Crippen molar-refractivity contribution in [2.24, 2.45) is 0 Å². The Hall–Kier alpha value is -1.06. The van der Waals surface area contributed by atoms with Gasteiger partial charge in [0.1, 0.15) is 5.75 Å². The standard InChI is InChI=1S/C17H26N2O/c1-18(2)14-8-10-19(11-9-14)17-5-3-4-13-12-15(20)6-7-16(13)17/h6-7,12,14,17,20H,3-5,8-11H2,1-2H3. The molecule has 0 spiro atoms. The Kier molecular flexibility index (Phi) is 3.99. The van der Waals surface area contributed by atoms with Gasteiger partial charge in [-0.25, -0.2) is 0 Å². The lowest BCUT2D eigenvalue weighted by Gasteiger charge is -2.41. The zero-order valence-electron chi connectivity index (χ0n) is 12.7. The second-order valence-electron chi connectivity index (χ2n) is 6.52. The maximum Gasteiger partial charge on any atom is 0.115 e. The first-order valence-corrected chi connectivity index (χ1v) is 7.87. The van der Waals surface area contributed by atoms with E-state index in [1.165, 1.54) is 49.9 Å². The average molecular weight is 274 g/mol. The van der Waals surface area contributed by atoms with Gasteiger partial charge in [0.05, 0.1) is 0 Å². The maximum atomic E-state index is 9.66. The van der Waals surface area contributed by atoms with Crippen molar-refractivity contribution in [1.82, 2.24) is 9.80 Å². The van der Waals surface area contributed by atoms with Crippen molar-refractivity contribution in [1.29, 1.82) is 0 Å². The summed E-state index contributed by atoms with van der Waals surface area (Å²) in [6.45, 7) is 2.40. The van der Waals surface area contributed by atoms with E-state index in [0.29, 0.717) is 11.8 Å². The number of fused-ring (bicyclic) bond motifs is 1. The van der Waals surface area contributed by atoms with E-state index in [4.69, 9.17) is 0 Å². The first-order valence-electron chi connectivity index (χ1n) is 7.87. The van der Waals surface area contributed by atoms with Crippen LogP contribution in [0.3, 0.4) is 0 Å². The Morgan fingerprint density at radius 1 is 1.15 bits per heavy atom. The summed E-state index contributed by atoms with van der Waals surface area (Å²) in [5.41, 5.74) is 2.81. The van der Waals surface area contributed by atoms with Gasteiger partial charge in [0.2, 0.25) is 0 Å². The van der Waals surface area contributed by atoms with Crippen LogP contribution in [0.1, 0.15) is 42.9 Å². The summed E-state index contributed by atoms with van der Waals surface area (Å²) in [6, 6.07) is 7.28. The number of aromatic hydroxyl groups is 1. The third-order valence-corrected chi connectivity index (χ3v) is 5.08. The molecule has 1 atom stereocenters. The molecule has 1 aromatic carbocycles. The van der Waals surface area contributed by atoms with E-state index in [2.05, 4.69) is 30.0 Å². The highest BCUT2D eigenvalue weighted by Gasteiger charge is 2.29. The summed E-state index contributed by atoms with van der Waals surface area (Å²) >= 11 is 0. The number of likely N-dealkylation sites (tertiary alicyclic amines) is 1. The van der Waals surface area contributed by atoms with Crippen molar-refractivity contribution in [3.8, 4) is 5.75 Å². The normalized spacial score (nSPS) is 24.9. The highest BCUT2D eigenvalue weighted by atomic mass is 16.3. The van der Waals surface area contributed by atoms with Crippen LogP contribution in [0, 0.1) is 0 Å². The number of benzene rings is 1. The first kappa shape index (κ1) is 13.9. The van der Waals surface area contributed by atoms with Gasteiger partial charge in [0, 0.05) is 25.2 Å². The highest BCUT2D eigenvalue weighted by molar-refractivity contribution is 5.38. The Bertz CT molecular complexity index is 464. The Balaban J connectivity index is 1.74. The van der Waals surface area contributed by atoms with E-state index in [1.807, 2.05) is 12.1 Å². The summed E-state index contributed by atoms with van der Waals surface area (Å²) in [5.74, 6) is 0.413. The van der Waals surface area contributed by atoms with E-state index in [9.17, 15) is 5.11 Å². The average Bonchev–Trinajstić information content (AvgIpc) is 2.46. The number of phenols is 1. The van der Waals surface area contributed by atoms with Crippen molar-refractivity contribution in [2.45, 2.75) is 44.2 Å². The van der Waals surface area contributed by atoms with Gasteiger partial charge in [-0.2, -0.15) is 0 Å². The van der Waals surface area contributed by atoms with Gasteiger partial charge >= 0.3 is 0 Å². The monoisotopic (exact) mass is 274 g/mol. The van der Waals surface area contributed by atoms with Crippen LogP contribution in [-0.2, 0) is 6.42 Å². The first-order chi connectivity index (χ1) is 9.65. The molecule has 1 N–H and O–H groups in total. The second-order valence-corrected chi connectivity index (χ2v) is 6.52. The predicted molar refractivity (Wildman–Crippen MR) is 82.1 cm³/mol. The predicted octanol–water partition coefficient (Wildman–Crippen LogP) is 2.80. The highest BCUT2D eigenvalue weighted by Crippen LogP contribution is 2.37.